The van der Waals surface area contributed by atoms with Crippen molar-refractivity contribution in [2.45, 2.75) is 51.0 Å². The highest BCUT2D eigenvalue weighted by atomic mass is 32.2. The number of carbonyl (C=O) groups is 1. The van der Waals surface area contributed by atoms with Crippen molar-refractivity contribution in [2.24, 2.45) is 0 Å². The molecule has 0 N–H and O–H groups in total. The van der Waals surface area contributed by atoms with Gasteiger partial charge in [0.1, 0.15) is 11.4 Å². The zero-order chi connectivity index (χ0) is 19.5. The molecule has 1 atom stereocenters. The van der Waals surface area contributed by atoms with Crippen molar-refractivity contribution in [3.05, 3.63) is 35.6 Å². The number of sulfonamides is 1. The smallest absolute Gasteiger partial charge is 0.410 e. The van der Waals surface area contributed by atoms with Crippen LogP contribution < -0.4 is 0 Å². The summed E-state index contributed by atoms with van der Waals surface area (Å²) >= 11 is 0. The Kier molecular flexibility index (Phi) is 6.29. The molecule has 1 aliphatic rings. The molecule has 1 fully saturated rings. The van der Waals surface area contributed by atoms with E-state index in [0.717, 1.165) is 0 Å². The molecule has 1 saturated heterocycles. The summed E-state index contributed by atoms with van der Waals surface area (Å²) < 4.78 is 45.9. The molecule has 1 amide bonds. The zero-order valence-electron chi connectivity index (χ0n) is 15.7. The molecule has 1 aromatic carbocycles. The van der Waals surface area contributed by atoms with Gasteiger partial charge in [-0.25, -0.2) is 17.6 Å². The first-order valence-electron chi connectivity index (χ1n) is 8.66. The van der Waals surface area contributed by atoms with E-state index < -0.39 is 27.5 Å². The van der Waals surface area contributed by atoms with Crippen molar-refractivity contribution in [1.82, 2.24) is 9.21 Å². The number of likely N-dealkylation sites (N-methyl/N-ethyl adjacent to an activating group) is 1. The van der Waals surface area contributed by atoms with Crippen molar-refractivity contribution in [3.63, 3.8) is 0 Å². The van der Waals surface area contributed by atoms with Crippen LogP contribution in [0.3, 0.4) is 0 Å². The molecule has 8 heteroatoms. The van der Waals surface area contributed by atoms with Gasteiger partial charge in [-0.3, -0.25) is 0 Å². The van der Waals surface area contributed by atoms with E-state index in [0.29, 0.717) is 19.4 Å². The molecule has 1 aliphatic heterocycles. The van der Waals surface area contributed by atoms with Crippen LogP contribution in [0.1, 0.15) is 39.2 Å². The summed E-state index contributed by atoms with van der Waals surface area (Å²) in [7, 11) is -2.05. The maximum absolute atomic E-state index is 13.8. The molecule has 0 unspecified atom stereocenters. The van der Waals surface area contributed by atoms with Gasteiger partial charge in [-0.1, -0.05) is 18.2 Å². The van der Waals surface area contributed by atoms with Gasteiger partial charge in [0.2, 0.25) is 10.0 Å². The van der Waals surface area contributed by atoms with Gasteiger partial charge in [0.15, 0.2) is 0 Å². The first-order chi connectivity index (χ1) is 12.0. The average molecular weight is 386 g/mol. The van der Waals surface area contributed by atoms with Crippen LogP contribution in [-0.4, -0.2) is 55.5 Å². The minimum atomic E-state index is -3.67. The number of benzene rings is 1. The van der Waals surface area contributed by atoms with Crippen molar-refractivity contribution >= 4 is 16.1 Å². The summed E-state index contributed by atoms with van der Waals surface area (Å²) in [5.41, 5.74) is -0.466. The van der Waals surface area contributed by atoms with Crippen molar-refractivity contribution in [1.29, 1.82) is 0 Å². The van der Waals surface area contributed by atoms with E-state index in [4.69, 9.17) is 4.74 Å². The minimum Gasteiger partial charge on any atom is -0.444 e. The maximum atomic E-state index is 13.8. The van der Waals surface area contributed by atoms with Crippen LogP contribution in [0.25, 0.3) is 0 Å². The molecular formula is C18H27FN2O4S. The lowest BCUT2D eigenvalue weighted by molar-refractivity contribution is 0.0173. The van der Waals surface area contributed by atoms with Crippen molar-refractivity contribution in [2.75, 3.05) is 20.1 Å². The summed E-state index contributed by atoms with van der Waals surface area (Å²) in [4.78, 5) is 13.7. The Balaban J connectivity index is 2.07. The first kappa shape index (κ1) is 20.6. The summed E-state index contributed by atoms with van der Waals surface area (Å²) in [6, 6.07) is 5.59. The van der Waals surface area contributed by atoms with Crippen LogP contribution in [0.5, 0.6) is 0 Å². The fourth-order valence-corrected chi connectivity index (χ4v) is 4.49. The molecule has 0 aliphatic carbocycles. The number of halogens is 1. The van der Waals surface area contributed by atoms with Crippen LogP contribution in [-0.2, 0) is 20.5 Å². The Labute approximate surface area is 155 Å². The van der Waals surface area contributed by atoms with Crippen LogP contribution in [0, 0.1) is 5.82 Å². The largest absolute Gasteiger partial charge is 0.444 e. The Hall–Kier alpha value is -1.67. The SMILES string of the molecule is CN(C(=O)OC(C)(C)C)[C@@H]1CCCN(S(=O)(=O)Cc2ccccc2F)C1. The normalized spacial score (nSPS) is 19.2. The van der Waals surface area contributed by atoms with Gasteiger partial charge in [0.25, 0.3) is 0 Å². The molecule has 1 heterocycles. The quantitative estimate of drug-likeness (QED) is 0.798. The molecule has 2 rings (SSSR count). The lowest BCUT2D eigenvalue weighted by Gasteiger charge is -2.37. The van der Waals surface area contributed by atoms with Crippen LogP contribution >= 0.6 is 0 Å². The van der Waals surface area contributed by atoms with E-state index in [-0.39, 0.29) is 23.9 Å². The second-order valence-corrected chi connectivity index (χ2v) is 9.56. The van der Waals surface area contributed by atoms with Gasteiger partial charge >= 0.3 is 6.09 Å². The monoisotopic (exact) mass is 386 g/mol. The average Bonchev–Trinajstić information content (AvgIpc) is 2.54. The van der Waals surface area contributed by atoms with Crippen molar-refractivity contribution in [3.8, 4) is 0 Å². The lowest BCUT2D eigenvalue weighted by atomic mass is 10.1. The van der Waals surface area contributed by atoms with Gasteiger partial charge < -0.3 is 9.64 Å². The number of hydrogen-bond acceptors (Lipinski definition) is 4. The third-order valence-electron chi connectivity index (χ3n) is 4.28. The molecule has 6 nitrogen and oxygen atoms in total. The number of hydrogen-bond donors (Lipinski definition) is 0. The second-order valence-electron chi connectivity index (χ2n) is 7.59. The van der Waals surface area contributed by atoms with E-state index in [1.165, 1.54) is 27.4 Å². The predicted molar refractivity (Wildman–Crippen MR) is 97.6 cm³/mol. The van der Waals surface area contributed by atoms with Gasteiger partial charge in [-0.2, -0.15) is 4.31 Å². The number of nitrogens with zero attached hydrogens (tertiary/aromatic N) is 2. The van der Waals surface area contributed by atoms with Gasteiger partial charge in [-0.15, -0.1) is 0 Å². The molecule has 0 aromatic heterocycles. The summed E-state index contributed by atoms with van der Waals surface area (Å²) in [6.07, 6.45) is 0.853. The standard InChI is InChI=1S/C18H27FN2O4S/c1-18(2,3)25-17(22)20(4)15-9-7-11-21(12-15)26(23,24)13-14-8-5-6-10-16(14)19/h5-6,8,10,15H,7,9,11-13H2,1-4H3/t15-/m1/s1. The molecule has 1 aromatic rings. The molecule has 0 bridgehead atoms. The first-order valence-corrected chi connectivity index (χ1v) is 10.3. The van der Waals surface area contributed by atoms with E-state index in [1.807, 2.05) is 0 Å². The Morgan fingerprint density at radius 2 is 2.00 bits per heavy atom. The number of amides is 1. The van der Waals surface area contributed by atoms with E-state index in [2.05, 4.69) is 0 Å². The Morgan fingerprint density at radius 1 is 1.35 bits per heavy atom. The van der Waals surface area contributed by atoms with Crippen LogP contribution in [0.4, 0.5) is 9.18 Å². The summed E-state index contributed by atoms with van der Waals surface area (Å²) in [6.45, 7) is 5.91. The van der Waals surface area contributed by atoms with Crippen LogP contribution in [0.2, 0.25) is 0 Å². The molecule has 0 spiro atoms. The third kappa shape index (κ3) is 5.41. The summed E-state index contributed by atoms with van der Waals surface area (Å²) in [5.74, 6) is -0.918. The van der Waals surface area contributed by atoms with Gasteiger partial charge in [-0.05, 0) is 39.7 Å². The highest BCUT2D eigenvalue weighted by Gasteiger charge is 2.34. The molecule has 0 saturated carbocycles. The van der Waals surface area contributed by atoms with Gasteiger partial charge in [0.05, 0.1) is 5.75 Å². The Morgan fingerprint density at radius 3 is 2.62 bits per heavy atom. The number of ether oxygens (including phenoxy) is 1. The number of carbonyl (C=O) groups excluding carboxylic acids is 1. The lowest BCUT2D eigenvalue weighted by Crippen LogP contribution is -2.51. The topological polar surface area (TPSA) is 66.9 Å². The maximum Gasteiger partial charge on any atom is 0.410 e. The third-order valence-corrected chi connectivity index (χ3v) is 6.07. The Bertz CT molecular complexity index is 746. The number of rotatable bonds is 4. The molecular weight excluding hydrogens is 359 g/mol. The van der Waals surface area contributed by atoms with E-state index in [1.54, 1.807) is 33.9 Å². The highest BCUT2D eigenvalue weighted by Crippen LogP contribution is 2.22. The predicted octanol–water partition coefficient (Wildman–Crippen LogP) is 2.99. The van der Waals surface area contributed by atoms with Crippen molar-refractivity contribution < 1.29 is 22.3 Å². The van der Waals surface area contributed by atoms with E-state index in [9.17, 15) is 17.6 Å². The van der Waals surface area contributed by atoms with Gasteiger partial charge in [0, 0.05) is 31.7 Å². The minimum absolute atomic E-state index is 0.148. The molecule has 0 radical (unpaired) electrons. The van der Waals surface area contributed by atoms with E-state index >= 15 is 0 Å². The van der Waals surface area contributed by atoms with Crippen LogP contribution in [0.15, 0.2) is 24.3 Å². The molecule has 146 valence electrons. The zero-order valence-corrected chi connectivity index (χ0v) is 16.6. The number of piperidine rings is 1. The fourth-order valence-electron chi connectivity index (χ4n) is 2.88. The summed E-state index contributed by atoms with van der Waals surface area (Å²) in [5, 5.41) is 0. The molecule has 26 heavy (non-hydrogen) atoms. The highest BCUT2D eigenvalue weighted by molar-refractivity contribution is 7.88. The fraction of sp³-hybridized carbons (Fsp3) is 0.611. The second kappa shape index (κ2) is 7.92.